The molecule has 6 nitrogen and oxygen atoms in total. The van der Waals surface area contributed by atoms with Gasteiger partial charge in [0.25, 0.3) is 0 Å². The fraction of sp³-hybridized carbons (Fsp3) is 0.533. The Morgan fingerprint density at radius 3 is 2.43 bits per heavy atom. The molecule has 1 amide bonds. The molecule has 1 saturated heterocycles. The number of rotatable bonds is 5. The number of carbonyl (C=O) groups is 1. The van der Waals surface area contributed by atoms with Gasteiger partial charge in [0.15, 0.2) is 0 Å². The number of hydrogen-bond acceptors (Lipinski definition) is 4. The van der Waals surface area contributed by atoms with E-state index in [1.165, 1.54) is 14.1 Å². The Labute approximate surface area is 142 Å². The van der Waals surface area contributed by atoms with Gasteiger partial charge in [-0.15, -0.1) is 0 Å². The highest BCUT2D eigenvalue weighted by Crippen LogP contribution is 2.21. The Morgan fingerprint density at radius 2 is 1.87 bits per heavy atom. The molecule has 1 aromatic rings. The van der Waals surface area contributed by atoms with E-state index in [2.05, 4.69) is 4.90 Å². The van der Waals surface area contributed by atoms with Crippen molar-refractivity contribution in [2.45, 2.75) is 6.42 Å². The molecule has 1 aliphatic heterocycles. The van der Waals surface area contributed by atoms with Crippen LogP contribution in [0.4, 0.5) is 5.69 Å². The summed E-state index contributed by atoms with van der Waals surface area (Å²) < 4.78 is 24.6. The van der Waals surface area contributed by atoms with Crippen LogP contribution >= 0.6 is 11.6 Å². The number of piperazine rings is 1. The first-order valence-electron chi connectivity index (χ1n) is 7.48. The van der Waals surface area contributed by atoms with Crippen molar-refractivity contribution in [2.75, 3.05) is 50.9 Å². The number of hydrogen-bond donors (Lipinski definition) is 0. The lowest BCUT2D eigenvalue weighted by Crippen LogP contribution is -2.49. The second kappa shape index (κ2) is 7.51. The SMILES string of the molecule is CN(C)S(=O)(=O)CCC(=O)N1CCN(c2cccc(Cl)c2)CC1. The van der Waals surface area contributed by atoms with Crippen molar-refractivity contribution in [3.05, 3.63) is 29.3 Å². The highest BCUT2D eigenvalue weighted by molar-refractivity contribution is 7.89. The summed E-state index contributed by atoms with van der Waals surface area (Å²) in [5.74, 6) is -0.256. The lowest BCUT2D eigenvalue weighted by molar-refractivity contribution is -0.131. The van der Waals surface area contributed by atoms with Gasteiger partial charge >= 0.3 is 0 Å². The maximum absolute atomic E-state index is 12.2. The molecule has 2 rings (SSSR count). The number of amides is 1. The van der Waals surface area contributed by atoms with Gasteiger partial charge in [0, 0.05) is 57.4 Å². The van der Waals surface area contributed by atoms with Crippen molar-refractivity contribution in [1.82, 2.24) is 9.21 Å². The third-order valence-corrected chi connectivity index (χ3v) is 6.00. The molecular formula is C15H22ClN3O3S. The minimum Gasteiger partial charge on any atom is -0.368 e. The molecule has 0 saturated carbocycles. The average molecular weight is 360 g/mol. The molecule has 1 fully saturated rings. The number of carbonyl (C=O) groups excluding carboxylic acids is 1. The molecule has 0 radical (unpaired) electrons. The normalized spacial score (nSPS) is 16.0. The summed E-state index contributed by atoms with van der Waals surface area (Å²) in [6.07, 6.45) is 0.0255. The van der Waals surface area contributed by atoms with Crippen LogP contribution in [-0.2, 0) is 14.8 Å². The lowest BCUT2D eigenvalue weighted by atomic mass is 10.2. The highest BCUT2D eigenvalue weighted by Gasteiger charge is 2.23. The molecule has 1 aromatic carbocycles. The van der Waals surface area contributed by atoms with E-state index in [1.54, 1.807) is 4.90 Å². The highest BCUT2D eigenvalue weighted by atomic mass is 35.5. The molecule has 0 spiro atoms. The predicted molar refractivity (Wildman–Crippen MR) is 92.3 cm³/mol. The van der Waals surface area contributed by atoms with Gasteiger partial charge < -0.3 is 9.80 Å². The summed E-state index contributed by atoms with van der Waals surface area (Å²) in [5, 5.41) is 0.690. The molecule has 0 aromatic heterocycles. The minimum absolute atomic E-state index is 0.0255. The summed E-state index contributed by atoms with van der Waals surface area (Å²) in [4.78, 5) is 16.1. The van der Waals surface area contributed by atoms with Gasteiger partial charge in [0.05, 0.1) is 5.75 Å². The van der Waals surface area contributed by atoms with E-state index in [0.717, 1.165) is 9.99 Å². The van der Waals surface area contributed by atoms with Crippen molar-refractivity contribution in [3.63, 3.8) is 0 Å². The zero-order valence-corrected chi connectivity index (χ0v) is 15.0. The molecule has 0 N–H and O–H groups in total. The van der Waals surface area contributed by atoms with E-state index in [9.17, 15) is 13.2 Å². The number of anilines is 1. The summed E-state index contributed by atoms with van der Waals surface area (Å²) in [7, 11) is -0.378. The summed E-state index contributed by atoms with van der Waals surface area (Å²) in [6.45, 7) is 2.61. The number of benzene rings is 1. The second-order valence-electron chi connectivity index (χ2n) is 5.70. The zero-order valence-electron chi connectivity index (χ0n) is 13.4. The maximum Gasteiger partial charge on any atom is 0.223 e. The molecule has 0 bridgehead atoms. The smallest absolute Gasteiger partial charge is 0.223 e. The molecular weight excluding hydrogens is 338 g/mol. The topological polar surface area (TPSA) is 60.9 Å². The van der Waals surface area contributed by atoms with E-state index < -0.39 is 10.0 Å². The first kappa shape index (κ1) is 18.0. The second-order valence-corrected chi connectivity index (χ2v) is 8.43. The standard InChI is InChI=1S/C15H22ClN3O3S/c1-17(2)23(21,22)11-6-15(20)19-9-7-18(8-10-19)14-5-3-4-13(16)12-14/h3-5,12H,6-11H2,1-2H3. The van der Waals surface area contributed by atoms with Crippen LogP contribution in [0.3, 0.4) is 0 Å². The Kier molecular flexibility index (Phi) is 5.89. The third-order valence-electron chi connectivity index (χ3n) is 3.94. The van der Waals surface area contributed by atoms with Gasteiger partial charge in [-0.1, -0.05) is 17.7 Å². The number of nitrogens with zero attached hydrogens (tertiary/aromatic N) is 3. The summed E-state index contributed by atoms with van der Waals surface area (Å²) in [5.41, 5.74) is 1.04. The van der Waals surface area contributed by atoms with E-state index in [0.29, 0.717) is 31.2 Å². The van der Waals surface area contributed by atoms with Crippen LogP contribution in [-0.4, -0.2) is 69.6 Å². The van der Waals surface area contributed by atoms with Crippen molar-refractivity contribution < 1.29 is 13.2 Å². The largest absolute Gasteiger partial charge is 0.368 e. The first-order chi connectivity index (χ1) is 10.8. The fourth-order valence-corrected chi connectivity index (χ4v) is 3.43. The average Bonchev–Trinajstić information content (AvgIpc) is 2.52. The van der Waals surface area contributed by atoms with Crippen LogP contribution in [0, 0.1) is 0 Å². The van der Waals surface area contributed by atoms with Crippen LogP contribution < -0.4 is 4.90 Å². The molecule has 128 valence electrons. The monoisotopic (exact) mass is 359 g/mol. The molecule has 0 aliphatic carbocycles. The molecule has 0 unspecified atom stereocenters. The van der Waals surface area contributed by atoms with Gasteiger partial charge in [0.2, 0.25) is 15.9 Å². The molecule has 0 atom stereocenters. The van der Waals surface area contributed by atoms with Crippen LogP contribution in [0.1, 0.15) is 6.42 Å². The Morgan fingerprint density at radius 1 is 1.22 bits per heavy atom. The van der Waals surface area contributed by atoms with Crippen molar-refractivity contribution >= 4 is 33.2 Å². The van der Waals surface area contributed by atoms with Crippen molar-refractivity contribution in [3.8, 4) is 0 Å². The van der Waals surface area contributed by atoms with E-state index in [4.69, 9.17) is 11.6 Å². The molecule has 1 heterocycles. The van der Waals surface area contributed by atoms with Crippen molar-refractivity contribution in [2.24, 2.45) is 0 Å². The zero-order chi connectivity index (χ0) is 17.0. The summed E-state index contributed by atoms with van der Waals surface area (Å²) in [6, 6.07) is 7.63. The van der Waals surface area contributed by atoms with Crippen LogP contribution in [0.15, 0.2) is 24.3 Å². The quantitative estimate of drug-likeness (QED) is 0.794. The van der Waals surface area contributed by atoms with E-state index >= 15 is 0 Å². The molecule has 1 aliphatic rings. The van der Waals surface area contributed by atoms with Gasteiger partial charge in [0.1, 0.15) is 0 Å². The van der Waals surface area contributed by atoms with Crippen LogP contribution in [0.25, 0.3) is 0 Å². The van der Waals surface area contributed by atoms with Gasteiger partial charge in [-0.25, -0.2) is 12.7 Å². The Balaban J connectivity index is 1.85. The fourth-order valence-electron chi connectivity index (χ4n) is 2.44. The molecule has 23 heavy (non-hydrogen) atoms. The van der Waals surface area contributed by atoms with E-state index in [-0.39, 0.29) is 18.1 Å². The van der Waals surface area contributed by atoms with Gasteiger partial charge in [-0.2, -0.15) is 0 Å². The van der Waals surface area contributed by atoms with E-state index in [1.807, 2.05) is 24.3 Å². The minimum atomic E-state index is -3.33. The number of halogens is 1. The lowest BCUT2D eigenvalue weighted by Gasteiger charge is -2.36. The number of sulfonamides is 1. The predicted octanol–water partition coefficient (Wildman–Crippen LogP) is 1.27. The first-order valence-corrected chi connectivity index (χ1v) is 9.47. The summed E-state index contributed by atoms with van der Waals surface area (Å²) >= 11 is 6.00. The Bertz CT molecular complexity index is 656. The Hall–Kier alpha value is -1.31. The van der Waals surface area contributed by atoms with Crippen LogP contribution in [0.5, 0.6) is 0 Å². The molecule has 8 heteroatoms. The maximum atomic E-state index is 12.2. The van der Waals surface area contributed by atoms with Gasteiger partial charge in [-0.05, 0) is 18.2 Å². The van der Waals surface area contributed by atoms with Crippen molar-refractivity contribution in [1.29, 1.82) is 0 Å². The van der Waals surface area contributed by atoms with Crippen LogP contribution in [0.2, 0.25) is 5.02 Å². The van der Waals surface area contributed by atoms with Gasteiger partial charge in [-0.3, -0.25) is 4.79 Å². The third kappa shape index (κ3) is 4.83.